The van der Waals surface area contributed by atoms with Gasteiger partial charge in [-0.1, -0.05) is 11.6 Å². The summed E-state index contributed by atoms with van der Waals surface area (Å²) in [5, 5.41) is 4.23. The van der Waals surface area contributed by atoms with Gasteiger partial charge in [0.2, 0.25) is 0 Å². The molecule has 3 rings (SSSR count). The third-order valence-corrected chi connectivity index (χ3v) is 4.13. The number of halogens is 1. The van der Waals surface area contributed by atoms with Crippen LogP contribution in [-0.4, -0.2) is 25.5 Å². The highest BCUT2D eigenvalue weighted by atomic mass is 35.5. The Balaban J connectivity index is 2.01. The van der Waals surface area contributed by atoms with Crippen molar-refractivity contribution >= 4 is 17.9 Å². The largest absolute Gasteiger partial charge is 0.496 e. The van der Waals surface area contributed by atoms with Crippen LogP contribution in [0.15, 0.2) is 17.1 Å². The van der Waals surface area contributed by atoms with Crippen molar-refractivity contribution in [3.05, 3.63) is 28.3 Å². The van der Waals surface area contributed by atoms with Gasteiger partial charge < -0.3 is 10.1 Å². The highest BCUT2D eigenvalue weighted by Gasteiger charge is 2.37. The second-order valence-electron chi connectivity index (χ2n) is 4.78. The summed E-state index contributed by atoms with van der Waals surface area (Å²) >= 11 is 6.31. The molecule has 0 saturated heterocycles. The fourth-order valence-corrected chi connectivity index (χ4v) is 3.04. The third kappa shape index (κ3) is 1.69. The molecule has 0 aromatic heterocycles. The average Bonchev–Trinajstić information content (AvgIpc) is 2.79. The second-order valence-corrected chi connectivity index (χ2v) is 5.19. The van der Waals surface area contributed by atoms with Gasteiger partial charge in [-0.25, -0.2) is 0 Å². The maximum Gasteiger partial charge on any atom is 0.122 e. The van der Waals surface area contributed by atoms with Gasteiger partial charge in [-0.2, -0.15) is 0 Å². The van der Waals surface area contributed by atoms with Gasteiger partial charge in [0.1, 0.15) is 5.75 Å². The molecule has 17 heavy (non-hydrogen) atoms. The van der Waals surface area contributed by atoms with E-state index in [1.807, 2.05) is 18.5 Å². The number of fused-ring (bicyclic) bond motifs is 1. The van der Waals surface area contributed by atoms with Crippen LogP contribution >= 0.6 is 11.6 Å². The molecule has 0 amide bonds. The van der Waals surface area contributed by atoms with Crippen LogP contribution in [-0.2, 0) is 12.8 Å². The van der Waals surface area contributed by atoms with Crippen molar-refractivity contribution in [3.8, 4) is 5.75 Å². The zero-order valence-electron chi connectivity index (χ0n) is 9.79. The van der Waals surface area contributed by atoms with Gasteiger partial charge in [-0.05, 0) is 42.5 Å². The number of benzene rings is 1. The molecule has 1 atom stereocenters. The molecule has 0 saturated carbocycles. The Labute approximate surface area is 106 Å². The summed E-state index contributed by atoms with van der Waals surface area (Å²) in [6.07, 6.45) is 4.82. The molecule has 0 bridgehead atoms. The van der Waals surface area contributed by atoms with Crippen LogP contribution in [0, 0.1) is 0 Å². The number of hydrogen-bond acceptors (Lipinski definition) is 3. The minimum absolute atomic E-state index is 0.0863. The summed E-state index contributed by atoms with van der Waals surface area (Å²) in [5.74, 6) is 0.957. The molecule has 2 aliphatic rings. The Morgan fingerprint density at radius 3 is 3.00 bits per heavy atom. The summed E-state index contributed by atoms with van der Waals surface area (Å²) in [6.45, 7) is 0.847. The van der Waals surface area contributed by atoms with Gasteiger partial charge in [-0.3, -0.25) is 4.99 Å². The Hall–Kier alpha value is -1.22. The highest BCUT2D eigenvalue weighted by molar-refractivity contribution is 6.31. The van der Waals surface area contributed by atoms with Gasteiger partial charge in [0.15, 0.2) is 0 Å². The summed E-state index contributed by atoms with van der Waals surface area (Å²) in [5.41, 5.74) is 2.57. The van der Waals surface area contributed by atoms with E-state index in [9.17, 15) is 0 Å². The Morgan fingerprint density at radius 2 is 2.29 bits per heavy atom. The van der Waals surface area contributed by atoms with Crippen LogP contribution in [0.25, 0.3) is 0 Å². The van der Waals surface area contributed by atoms with Crippen molar-refractivity contribution in [3.63, 3.8) is 0 Å². The number of nitrogens with one attached hydrogen (secondary N) is 1. The van der Waals surface area contributed by atoms with E-state index in [-0.39, 0.29) is 5.54 Å². The molecule has 0 fully saturated rings. The SMILES string of the molecule is COc1ccc(Cl)c2c1CCC1(CN=CN1)C2. The van der Waals surface area contributed by atoms with Crippen molar-refractivity contribution in [1.82, 2.24) is 5.32 Å². The zero-order chi connectivity index (χ0) is 11.9. The molecule has 1 aliphatic heterocycles. The first kappa shape index (κ1) is 10.9. The van der Waals surface area contributed by atoms with Crippen LogP contribution in [0.4, 0.5) is 0 Å². The van der Waals surface area contributed by atoms with E-state index in [0.717, 1.165) is 36.6 Å². The fraction of sp³-hybridized carbons (Fsp3) is 0.462. The maximum atomic E-state index is 6.31. The van der Waals surface area contributed by atoms with Gasteiger partial charge in [0.25, 0.3) is 0 Å². The summed E-state index contributed by atoms with van der Waals surface area (Å²) in [7, 11) is 1.71. The zero-order valence-corrected chi connectivity index (χ0v) is 10.5. The van der Waals surface area contributed by atoms with E-state index >= 15 is 0 Å². The van der Waals surface area contributed by atoms with Crippen molar-refractivity contribution in [1.29, 1.82) is 0 Å². The molecule has 4 heteroatoms. The first-order valence-electron chi connectivity index (χ1n) is 5.84. The van der Waals surface area contributed by atoms with Crippen LogP contribution in [0.5, 0.6) is 5.75 Å². The molecule has 1 spiro atoms. The molecule has 90 valence electrons. The molecule has 1 unspecified atom stereocenters. The Bertz CT molecular complexity index is 477. The predicted octanol–water partition coefficient (Wildman–Crippen LogP) is 2.21. The van der Waals surface area contributed by atoms with Crippen molar-refractivity contribution in [2.45, 2.75) is 24.8 Å². The molecule has 1 N–H and O–H groups in total. The van der Waals surface area contributed by atoms with E-state index < -0.39 is 0 Å². The Morgan fingerprint density at radius 1 is 1.41 bits per heavy atom. The summed E-state index contributed by atoms with van der Waals surface area (Å²) in [4.78, 5) is 4.30. The maximum absolute atomic E-state index is 6.31. The number of aliphatic imine (C=N–C) groups is 1. The van der Waals surface area contributed by atoms with E-state index in [4.69, 9.17) is 16.3 Å². The lowest BCUT2D eigenvalue weighted by Gasteiger charge is -2.35. The van der Waals surface area contributed by atoms with Crippen molar-refractivity contribution in [2.24, 2.45) is 4.99 Å². The predicted molar refractivity (Wildman–Crippen MR) is 69.3 cm³/mol. The van der Waals surface area contributed by atoms with Crippen LogP contribution < -0.4 is 10.1 Å². The van der Waals surface area contributed by atoms with E-state index in [1.165, 1.54) is 11.1 Å². The summed E-state index contributed by atoms with van der Waals surface area (Å²) < 4.78 is 5.41. The molecule has 1 heterocycles. The monoisotopic (exact) mass is 250 g/mol. The van der Waals surface area contributed by atoms with Crippen molar-refractivity contribution < 1.29 is 4.74 Å². The molecule has 0 radical (unpaired) electrons. The molecule has 1 aromatic rings. The molecular weight excluding hydrogens is 236 g/mol. The lowest BCUT2D eigenvalue weighted by molar-refractivity contribution is 0.351. The lowest BCUT2D eigenvalue weighted by atomic mass is 9.78. The highest BCUT2D eigenvalue weighted by Crippen LogP contribution is 2.38. The minimum atomic E-state index is 0.0863. The van der Waals surface area contributed by atoms with Crippen LogP contribution in [0.3, 0.4) is 0 Å². The topological polar surface area (TPSA) is 33.6 Å². The van der Waals surface area contributed by atoms with Crippen LogP contribution in [0.1, 0.15) is 17.5 Å². The van der Waals surface area contributed by atoms with E-state index in [2.05, 4.69) is 10.3 Å². The van der Waals surface area contributed by atoms with E-state index in [0.29, 0.717) is 0 Å². The fourth-order valence-electron chi connectivity index (χ4n) is 2.80. The number of ether oxygens (including phenoxy) is 1. The van der Waals surface area contributed by atoms with Crippen LogP contribution in [0.2, 0.25) is 5.02 Å². The normalized spacial score (nSPS) is 25.8. The summed E-state index contributed by atoms with van der Waals surface area (Å²) in [6, 6.07) is 3.88. The number of nitrogens with zero attached hydrogens (tertiary/aromatic N) is 1. The smallest absolute Gasteiger partial charge is 0.122 e. The van der Waals surface area contributed by atoms with E-state index in [1.54, 1.807) is 7.11 Å². The second kappa shape index (κ2) is 3.91. The van der Waals surface area contributed by atoms with Crippen molar-refractivity contribution in [2.75, 3.05) is 13.7 Å². The lowest BCUT2D eigenvalue weighted by Crippen LogP contribution is -2.48. The molecule has 1 aromatic carbocycles. The number of hydrogen-bond donors (Lipinski definition) is 1. The molecule has 3 nitrogen and oxygen atoms in total. The average molecular weight is 251 g/mol. The van der Waals surface area contributed by atoms with Gasteiger partial charge in [0.05, 0.1) is 25.5 Å². The first-order valence-corrected chi connectivity index (χ1v) is 6.22. The third-order valence-electron chi connectivity index (χ3n) is 3.78. The quantitative estimate of drug-likeness (QED) is 0.829. The standard InChI is InChI=1S/C13H15ClN2O/c1-17-12-3-2-11(14)10-6-13(5-4-9(10)12)7-15-8-16-13/h2-3,8H,4-7H2,1H3,(H,15,16). The number of rotatable bonds is 1. The molecule has 1 aliphatic carbocycles. The van der Waals surface area contributed by atoms with Gasteiger partial charge >= 0.3 is 0 Å². The first-order chi connectivity index (χ1) is 8.24. The number of methoxy groups -OCH3 is 1. The van der Waals surface area contributed by atoms with Gasteiger partial charge in [-0.15, -0.1) is 0 Å². The molecular formula is C13H15ClN2O. The Kier molecular flexibility index (Phi) is 2.51. The van der Waals surface area contributed by atoms with Gasteiger partial charge in [0, 0.05) is 5.02 Å². The minimum Gasteiger partial charge on any atom is -0.496 e.